The molecular formula is C26H30N2O4. The van der Waals surface area contributed by atoms with E-state index >= 15 is 0 Å². The molecular weight excluding hydrogens is 404 g/mol. The first-order valence-corrected chi connectivity index (χ1v) is 11.3. The van der Waals surface area contributed by atoms with Crippen molar-refractivity contribution in [2.75, 3.05) is 25.2 Å². The predicted octanol–water partition coefficient (Wildman–Crippen LogP) is 5.01. The average molecular weight is 435 g/mol. The molecule has 0 unspecified atom stereocenters. The second-order valence-corrected chi connectivity index (χ2v) is 8.27. The van der Waals surface area contributed by atoms with Crippen LogP contribution in [0, 0.1) is 6.92 Å². The lowest BCUT2D eigenvalue weighted by Gasteiger charge is -2.31. The van der Waals surface area contributed by atoms with E-state index in [1.807, 2.05) is 31.2 Å². The number of carbonyl (C=O) groups is 1. The minimum Gasteiger partial charge on any atom is -0.493 e. The summed E-state index contributed by atoms with van der Waals surface area (Å²) in [5, 5.41) is 0.737. The zero-order valence-electron chi connectivity index (χ0n) is 19.0. The van der Waals surface area contributed by atoms with Crippen molar-refractivity contribution < 1.29 is 14.3 Å². The SMILES string of the molecule is CCCCCOc1c(OC)ccc2cc(C(=O)N3CCCc4cccc(C)c43)c(=O)[nH]c12. The van der Waals surface area contributed by atoms with Gasteiger partial charge in [0.1, 0.15) is 5.56 Å². The molecule has 0 fully saturated rings. The molecule has 1 aliphatic rings. The summed E-state index contributed by atoms with van der Waals surface area (Å²) in [5.74, 6) is 0.797. The standard InChI is InChI=1S/C26H30N2O4/c1-4-5-6-15-32-24-21(31-3)13-12-19-16-20(25(29)27-22(19)24)26(30)28-14-8-11-18-10-7-9-17(2)23(18)28/h7,9-10,12-13,16H,4-6,8,11,14-15H2,1-3H3,(H,27,29). The molecule has 2 aromatic carbocycles. The van der Waals surface area contributed by atoms with E-state index in [-0.39, 0.29) is 11.5 Å². The number of unbranched alkanes of at least 4 members (excludes halogenated alkanes) is 2. The van der Waals surface area contributed by atoms with E-state index < -0.39 is 5.56 Å². The highest BCUT2D eigenvalue weighted by Crippen LogP contribution is 2.35. The molecule has 6 heteroatoms. The number of para-hydroxylation sites is 1. The number of aromatic amines is 1. The Balaban J connectivity index is 1.73. The molecule has 0 saturated heterocycles. The molecule has 1 aromatic heterocycles. The summed E-state index contributed by atoms with van der Waals surface area (Å²) in [6.07, 6.45) is 4.90. The fraction of sp³-hybridized carbons (Fsp3) is 0.385. The number of benzene rings is 2. The lowest BCUT2D eigenvalue weighted by atomic mass is 9.97. The summed E-state index contributed by atoms with van der Waals surface area (Å²) in [4.78, 5) is 31.2. The van der Waals surface area contributed by atoms with E-state index in [1.165, 1.54) is 0 Å². The highest BCUT2D eigenvalue weighted by atomic mass is 16.5. The molecule has 2 heterocycles. The third-order valence-corrected chi connectivity index (χ3v) is 6.05. The van der Waals surface area contributed by atoms with Gasteiger partial charge in [-0.3, -0.25) is 9.59 Å². The topological polar surface area (TPSA) is 71.6 Å². The summed E-state index contributed by atoms with van der Waals surface area (Å²) in [6, 6.07) is 11.4. The molecule has 0 atom stereocenters. The zero-order chi connectivity index (χ0) is 22.7. The van der Waals surface area contributed by atoms with E-state index in [1.54, 1.807) is 18.1 Å². The maximum atomic E-state index is 13.5. The fourth-order valence-electron chi connectivity index (χ4n) is 4.41. The summed E-state index contributed by atoms with van der Waals surface area (Å²) in [7, 11) is 1.58. The normalized spacial score (nSPS) is 13.2. The summed E-state index contributed by atoms with van der Waals surface area (Å²) in [5.41, 5.74) is 3.38. The molecule has 1 amide bonds. The van der Waals surface area contributed by atoms with Crippen LogP contribution in [0.15, 0.2) is 41.2 Å². The minimum atomic E-state index is -0.421. The van der Waals surface area contributed by atoms with Gasteiger partial charge in [-0.15, -0.1) is 0 Å². The van der Waals surface area contributed by atoms with Crippen LogP contribution in [-0.4, -0.2) is 31.2 Å². The number of nitrogens with zero attached hydrogens (tertiary/aromatic N) is 1. The van der Waals surface area contributed by atoms with E-state index in [0.29, 0.717) is 30.2 Å². The number of anilines is 1. The summed E-state index contributed by atoms with van der Waals surface area (Å²) < 4.78 is 11.4. The number of hydrogen-bond acceptors (Lipinski definition) is 4. The van der Waals surface area contributed by atoms with E-state index in [2.05, 4.69) is 18.0 Å². The molecule has 3 aromatic rings. The monoisotopic (exact) mass is 434 g/mol. The van der Waals surface area contributed by atoms with Crippen molar-refractivity contribution in [3.05, 3.63) is 63.4 Å². The molecule has 1 aliphatic heterocycles. The van der Waals surface area contributed by atoms with Crippen molar-refractivity contribution in [1.29, 1.82) is 0 Å². The number of amides is 1. The van der Waals surface area contributed by atoms with Crippen molar-refractivity contribution in [2.45, 2.75) is 46.0 Å². The molecule has 0 radical (unpaired) electrons. The first-order valence-electron chi connectivity index (χ1n) is 11.3. The number of fused-ring (bicyclic) bond motifs is 2. The van der Waals surface area contributed by atoms with Crippen molar-refractivity contribution >= 4 is 22.5 Å². The summed E-state index contributed by atoms with van der Waals surface area (Å²) >= 11 is 0. The zero-order valence-corrected chi connectivity index (χ0v) is 19.0. The molecule has 0 aliphatic carbocycles. The Hall–Kier alpha value is -3.28. The number of aryl methyl sites for hydroxylation is 2. The van der Waals surface area contributed by atoms with E-state index in [0.717, 1.165) is 54.3 Å². The smallest absolute Gasteiger partial charge is 0.263 e. The van der Waals surface area contributed by atoms with E-state index in [9.17, 15) is 9.59 Å². The van der Waals surface area contributed by atoms with Gasteiger partial charge < -0.3 is 19.4 Å². The number of hydrogen-bond donors (Lipinski definition) is 1. The highest BCUT2D eigenvalue weighted by Gasteiger charge is 2.27. The third-order valence-electron chi connectivity index (χ3n) is 6.05. The maximum absolute atomic E-state index is 13.5. The van der Waals surface area contributed by atoms with Gasteiger partial charge in [-0.25, -0.2) is 0 Å². The Labute approximate surface area is 188 Å². The van der Waals surface area contributed by atoms with Crippen molar-refractivity contribution in [1.82, 2.24) is 4.98 Å². The van der Waals surface area contributed by atoms with Crippen LogP contribution in [0.1, 0.15) is 54.1 Å². The number of nitrogens with one attached hydrogen (secondary N) is 1. The van der Waals surface area contributed by atoms with Gasteiger partial charge in [0.15, 0.2) is 11.5 Å². The van der Waals surface area contributed by atoms with Crippen LogP contribution in [-0.2, 0) is 6.42 Å². The molecule has 0 bridgehead atoms. The van der Waals surface area contributed by atoms with Crippen LogP contribution in [0.2, 0.25) is 0 Å². The Kier molecular flexibility index (Phi) is 6.49. The van der Waals surface area contributed by atoms with Gasteiger partial charge in [-0.1, -0.05) is 38.0 Å². The van der Waals surface area contributed by atoms with Gasteiger partial charge in [-0.05, 0) is 55.5 Å². The van der Waals surface area contributed by atoms with Crippen molar-refractivity contribution in [3.63, 3.8) is 0 Å². The van der Waals surface area contributed by atoms with Gasteiger partial charge in [0.05, 0.1) is 24.9 Å². The van der Waals surface area contributed by atoms with Crippen LogP contribution < -0.4 is 19.9 Å². The van der Waals surface area contributed by atoms with Gasteiger partial charge in [-0.2, -0.15) is 0 Å². The van der Waals surface area contributed by atoms with Crippen LogP contribution in [0.4, 0.5) is 5.69 Å². The third kappa shape index (κ3) is 4.09. The second kappa shape index (κ2) is 9.47. The Bertz CT molecular complexity index is 1200. The van der Waals surface area contributed by atoms with Crippen LogP contribution in [0.3, 0.4) is 0 Å². The molecule has 6 nitrogen and oxygen atoms in total. The lowest BCUT2D eigenvalue weighted by molar-refractivity contribution is 0.0983. The number of rotatable bonds is 7. The van der Waals surface area contributed by atoms with Crippen LogP contribution in [0.25, 0.3) is 10.9 Å². The van der Waals surface area contributed by atoms with Gasteiger partial charge >= 0.3 is 0 Å². The molecule has 4 rings (SSSR count). The van der Waals surface area contributed by atoms with E-state index in [4.69, 9.17) is 9.47 Å². The number of ether oxygens (including phenoxy) is 2. The number of H-pyrrole nitrogens is 1. The number of pyridine rings is 1. The Morgan fingerprint density at radius 3 is 2.81 bits per heavy atom. The maximum Gasteiger partial charge on any atom is 0.263 e. The minimum absolute atomic E-state index is 0.135. The molecule has 32 heavy (non-hydrogen) atoms. The number of aromatic nitrogens is 1. The van der Waals surface area contributed by atoms with Crippen molar-refractivity contribution in [3.8, 4) is 11.5 Å². The number of methoxy groups -OCH3 is 1. The first kappa shape index (κ1) is 21.9. The largest absolute Gasteiger partial charge is 0.493 e. The molecule has 1 N–H and O–H groups in total. The van der Waals surface area contributed by atoms with Gasteiger partial charge in [0.2, 0.25) is 0 Å². The van der Waals surface area contributed by atoms with Crippen molar-refractivity contribution in [2.24, 2.45) is 0 Å². The molecule has 0 saturated carbocycles. The van der Waals surface area contributed by atoms with Gasteiger partial charge in [0, 0.05) is 11.9 Å². The lowest BCUT2D eigenvalue weighted by Crippen LogP contribution is -2.38. The Morgan fingerprint density at radius 2 is 2.03 bits per heavy atom. The Morgan fingerprint density at radius 1 is 1.19 bits per heavy atom. The highest BCUT2D eigenvalue weighted by molar-refractivity contribution is 6.08. The summed E-state index contributed by atoms with van der Waals surface area (Å²) in [6.45, 7) is 5.28. The molecule has 168 valence electrons. The molecule has 0 spiro atoms. The first-order chi connectivity index (χ1) is 15.5. The second-order valence-electron chi connectivity index (χ2n) is 8.27. The van der Waals surface area contributed by atoms with Crippen LogP contribution in [0.5, 0.6) is 11.5 Å². The predicted molar refractivity (Wildman–Crippen MR) is 127 cm³/mol. The average Bonchev–Trinajstić information content (AvgIpc) is 2.81. The van der Waals surface area contributed by atoms with Gasteiger partial charge in [0.25, 0.3) is 11.5 Å². The number of carbonyl (C=O) groups excluding carboxylic acids is 1. The van der Waals surface area contributed by atoms with Crippen LogP contribution >= 0.6 is 0 Å². The quantitative estimate of drug-likeness (QED) is 0.531. The fourth-order valence-corrected chi connectivity index (χ4v) is 4.41.